The van der Waals surface area contributed by atoms with Crippen molar-refractivity contribution < 1.29 is 18.7 Å². The molecule has 0 spiro atoms. The van der Waals surface area contributed by atoms with Crippen molar-refractivity contribution in [1.82, 2.24) is 10.1 Å². The molecule has 0 amide bonds. The molecule has 0 radical (unpaired) electrons. The van der Waals surface area contributed by atoms with E-state index in [0.717, 1.165) is 19.3 Å². The highest BCUT2D eigenvalue weighted by atomic mass is 16.5. The number of benzene rings is 1. The highest BCUT2D eigenvalue weighted by Crippen LogP contribution is 2.44. The maximum absolute atomic E-state index is 6.23. The molecular weight excluding hydrogens is 286 g/mol. The topological polar surface area (TPSA) is 92.6 Å². The summed E-state index contributed by atoms with van der Waals surface area (Å²) < 4.78 is 21.4. The van der Waals surface area contributed by atoms with Gasteiger partial charge in [-0.3, -0.25) is 0 Å². The van der Waals surface area contributed by atoms with Crippen LogP contribution in [0.2, 0.25) is 0 Å². The van der Waals surface area contributed by atoms with Crippen LogP contribution in [-0.4, -0.2) is 31.5 Å². The molecule has 1 aromatic heterocycles. The third-order valence-corrected chi connectivity index (χ3v) is 4.05. The second-order valence-electron chi connectivity index (χ2n) is 5.31. The van der Waals surface area contributed by atoms with Crippen molar-refractivity contribution in [2.75, 3.05) is 21.3 Å². The number of ether oxygens (including phenoxy) is 3. The van der Waals surface area contributed by atoms with Crippen LogP contribution < -0.4 is 19.9 Å². The maximum atomic E-state index is 6.23. The zero-order chi connectivity index (χ0) is 15.7. The van der Waals surface area contributed by atoms with Crippen LogP contribution in [0.5, 0.6) is 17.2 Å². The lowest BCUT2D eigenvalue weighted by Gasteiger charge is -2.34. The van der Waals surface area contributed by atoms with Crippen LogP contribution in [0.4, 0.5) is 0 Å². The van der Waals surface area contributed by atoms with Crippen molar-refractivity contribution in [3.63, 3.8) is 0 Å². The average Bonchev–Trinajstić information content (AvgIpc) is 3.00. The molecule has 0 atom stereocenters. The van der Waals surface area contributed by atoms with Gasteiger partial charge < -0.3 is 24.5 Å². The van der Waals surface area contributed by atoms with Crippen LogP contribution in [0.3, 0.4) is 0 Å². The number of rotatable bonds is 5. The Balaban J connectivity index is 2.05. The number of aromatic nitrogens is 2. The summed E-state index contributed by atoms with van der Waals surface area (Å²) in [5.41, 5.74) is 6.40. The lowest BCUT2D eigenvalue weighted by Crippen LogP contribution is -2.44. The summed E-state index contributed by atoms with van der Waals surface area (Å²) in [6.45, 7) is 0. The lowest BCUT2D eigenvalue weighted by molar-refractivity contribution is 0.229. The molecule has 1 aliphatic carbocycles. The van der Waals surface area contributed by atoms with Gasteiger partial charge in [-0.15, -0.1) is 0 Å². The van der Waals surface area contributed by atoms with E-state index in [9.17, 15) is 0 Å². The molecule has 118 valence electrons. The van der Waals surface area contributed by atoms with Gasteiger partial charge in [0.15, 0.2) is 17.3 Å². The molecule has 0 unspecified atom stereocenters. The minimum atomic E-state index is -0.467. The van der Waals surface area contributed by atoms with Crippen molar-refractivity contribution in [2.45, 2.75) is 24.8 Å². The Kier molecular flexibility index (Phi) is 3.66. The van der Waals surface area contributed by atoms with Gasteiger partial charge in [-0.25, -0.2) is 0 Å². The van der Waals surface area contributed by atoms with Crippen molar-refractivity contribution in [3.05, 3.63) is 18.0 Å². The Hall–Kier alpha value is -2.28. The lowest BCUT2D eigenvalue weighted by atomic mass is 9.77. The molecule has 1 aromatic carbocycles. The first-order valence-corrected chi connectivity index (χ1v) is 7.05. The first-order chi connectivity index (χ1) is 10.6. The fraction of sp³-hybridized carbons (Fsp3) is 0.467. The van der Waals surface area contributed by atoms with E-state index >= 15 is 0 Å². The van der Waals surface area contributed by atoms with E-state index in [0.29, 0.717) is 34.5 Å². The van der Waals surface area contributed by atoms with Crippen molar-refractivity contribution in [1.29, 1.82) is 0 Å². The Morgan fingerprint density at radius 2 is 1.82 bits per heavy atom. The highest BCUT2D eigenvalue weighted by Gasteiger charge is 2.39. The second-order valence-corrected chi connectivity index (χ2v) is 5.31. The average molecular weight is 305 g/mol. The monoisotopic (exact) mass is 305 g/mol. The maximum Gasteiger partial charge on any atom is 0.261 e. The van der Waals surface area contributed by atoms with E-state index in [4.69, 9.17) is 24.5 Å². The number of methoxy groups -OCH3 is 3. The molecular formula is C15H19N3O4. The third kappa shape index (κ3) is 2.18. The highest BCUT2D eigenvalue weighted by molar-refractivity contribution is 5.71. The molecule has 7 heteroatoms. The SMILES string of the molecule is COc1ccc(-c2nc(C3(N)CCC3)no2)c(OC)c1OC. The number of nitrogens with zero attached hydrogens (tertiary/aromatic N) is 2. The van der Waals surface area contributed by atoms with Gasteiger partial charge >= 0.3 is 0 Å². The quantitative estimate of drug-likeness (QED) is 0.904. The van der Waals surface area contributed by atoms with Gasteiger partial charge in [-0.2, -0.15) is 4.98 Å². The first-order valence-electron chi connectivity index (χ1n) is 7.05. The predicted molar refractivity (Wildman–Crippen MR) is 79.1 cm³/mol. The summed E-state index contributed by atoms with van der Waals surface area (Å²) >= 11 is 0. The number of hydrogen-bond acceptors (Lipinski definition) is 7. The molecule has 2 N–H and O–H groups in total. The minimum absolute atomic E-state index is 0.351. The summed E-state index contributed by atoms with van der Waals surface area (Å²) in [6, 6.07) is 3.56. The Morgan fingerprint density at radius 1 is 1.09 bits per heavy atom. The van der Waals surface area contributed by atoms with E-state index < -0.39 is 5.54 Å². The van der Waals surface area contributed by atoms with Crippen LogP contribution >= 0.6 is 0 Å². The van der Waals surface area contributed by atoms with E-state index in [-0.39, 0.29) is 0 Å². The Bertz CT molecular complexity index is 679. The van der Waals surface area contributed by atoms with Crippen LogP contribution in [0.1, 0.15) is 25.1 Å². The largest absolute Gasteiger partial charge is 0.493 e. The standard InChI is InChI=1S/C15H19N3O4/c1-19-10-6-5-9(11(20-2)12(10)21-3)13-17-14(18-22-13)15(16)7-4-8-15/h5-6H,4,7-8,16H2,1-3H3. The van der Waals surface area contributed by atoms with Gasteiger partial charge in [0.05, 0.1) is 32.4 Å². The Morgan fingerprint density at radius 3 is 2.36 bits per heavy atom. The van der Waals surface area contributed by atoms with Crippen LogP contribution in [-0.2, 0) is 5.54 Å². The zero-order valence-corrected chi connectivity index (χ0v) is 12.9. The first kappa shape index (κ1) is 14.6. The fourth-order valence-corrected chi connectivity index (χ4v) is 2.59. The fourth-order valence-electron chi connectivity index (χ4n) is 2.59. The molecule has 1 aliphatic rings. The summed E-state index contributed by atoms with van der Waals surface area (Å²) in [6.07, 6.45) is 2.82. The van der Waals surface area contributed by atoms with E-state index in [1.165, 1.54) is 0 Å². The van der Waals surface area contributed by atoms with Crippen LogP contribution in [0.25, 0.3) is 11.5 Å². The van der Waals surface area contributed by atoms with Crippen molar-refractivity contribution in [2.24, 2.45) is 5.73 Å². The summed E-state index contributed by atoms with van der Waals surface area (Å²) in [5.74, 6) is 2.41. The van der Waals surface area contributed by atoms with Crippen molar-refractivity contribution in [3.8, 4) is 28.7 Å². The third-order valence-electron chi connectivity index (χ3n) is 4.05. The van der Waals surface area contributed by atoms with Gasteiger partial charge in [-0.05, 0) is 31.4 Å². The van der Waals surface area contributed by atoms with E-state index in [1.807, 2.05) is 0 Å². The molecule has 7 nitrogen and oxygen atoms in total. The molecule has 0 aliphatic heterocycles. The number of nitrogens with two attached hydrogens (primary N) is 1. The summed E-state index contributed by atoms with van der Waals surface area (Å²) in [4.78, 5) is 4.43. The Labute approximate surface area is 128 Å². The molecule has 0 bridgehead atoms. The summed E-state index contributed by atoms with van der Waals surface area (Å²) in [7, 11) is 4.66. The summed E-state index contributed by atoms with van der Waals surface area (Å²) in [5, 5.41) is 4.02. The number of hydrogen-bond donors (Lipinski definition) is 1. The van der Waals surface area contributed by atoms with Gasteiger partial charge in [0.1, 0.15) is 0 Å². The van der Waals surface area contributed by atoms with Gasteiger partial charge in [0.2, 0.25) is 5.75 Å². The van der Waals surface area contributed by atoms with Gasteiger partial charge in [0.25, 0.3) is 5.89 Å². The molecule has 0 saturated heterocycles. The molecule has 1 heterocycles. The van der Waals surface area contributed by atoms with Gasteiger partial charge in [0, 0.05) is 0 Å². The smallest absolute Gasteiger partial charge is 0.261 e. The molecule has 22 heavy (non-hydrogen) atoms. The van der Waals surface area contributed by atoms with Crippen LogP contribution in [0.15, 0.2) is 16.7 Å². The minimum Gasteiger partial charge on any atom is -0.493 e. The second kappa shape index (κ2) is 5.49. The van der Waals surface area contributed by atoms with E-state index in [1.54, 1.807) is 33.5 Å². The van der Waals surface area contributed by atoms with Crippen LogP contribution in [0, 0.1) is 0 Å². The van der Waals surface area contributed by atoms with Crippen molar-refractivity contribution >= 4 is 0 Å². The predicted octanol–water partition coefficient (Wildman–Crippen LogP) is 2.10. The molecule has 1 saturated carbocycles. The zero-order valence-electron chi connectivity index (χ0n) is 12.9. The normalized spacial score (nSPS) is 16.0. The molecule has 1 fully saturated rings. The van der Waals surface area contributed by atoms with E-state index in [2.05, 4.69) is 10.1 Å². The molecule has 3 rings (SSSR count). The molecule has 2 aromatic rings. The van der Waals surface area contributed by atoms with Gasteiger partial charge in [-0.1, -0.05) is 5.16 Å².